The Balaban J connectivity index is 1.57. The van der Waals surface area contributed by atoms with E-state index < -0.39 is 5.60 Å². The van der Waals surface area contributed by atoms with E-state index >= 15 is 0 Å². The second-order valence-corrected chi connectivity index (χ2v) is 7.79. The standard InChI is InChI=1S/C20H27N3O3/c1-20(2,3)26-19(24)23-13-7-9-14(10-8-13)25-17-6-4-5-16-15(17)11-12-22-18(16)21/h4-6,11-14H,7-10H2,1-3H3,(H2,21,22)(H,23,24)/t13-,14+. The first-order valence-corrected chi connectivity index (χ1v) is 9.11. The Kier molecular flexibility index (Phi) is 5.20. The number of pyridine rings is 1. The topological polar surface area (TPSA) is 86.5 Å². The number of hydrogen-bond acceptors (Lipinski definition) is 5. The normalized spacial score (nSPS) is 20.6. The summed E-state index contributed by atoms with van der Waals surface area (Å²) in [5.74, 6) is 1.35. The Morgan fingerprint density at radius 3 is 2.58 bits per heavy atom. The number of amides is 1. The van der Waals surface area contributed by atoms with Gasteiger partial charge in [-0.2, -0.15) is 0 Å². The van der Waals surface area contributed by atoms with Gasteiger partial charge in [0.25, 0.3) is 0 Å². The third-order valence-corrected chi connectivity index (χ3v) is 4.49. The summed E-state index contributed by atoms with van der Waals surface area (Å²) in [6.45, 7) is 5.59. The Labute approximate surface area is 154 Å². The van der Waals surface area contributed by atoms with E-state index in [0.29, 0.717) is 5.82 Å². The number of nitrogens with zero attached hydrogens (tertiary/aromatic N) is 1. The minimum Gasteiger partial charge on any atom is -0.490 e. The SMILES string of the molecule is CC(C)(C)OC(=O)N[C@H]1CC[C@@H](Oc2cccc3c(N)nccc23)CC1. The third-order valence-electron chi connectivity index (χ3n) is 4.49. The monoisotopic (exact) mass is 357 g/mol. The molecule has 2 aromatic rings. The average Bonchev–Trinajstić information content (AvgIpc) is 2.56. The number of nitrogen functional groups attached to an aromatic ring is 1. The van der Waals surface area contributed by atoms with Crippen molar-refractivity contribution in [3.8, 4) is 5.75 Å². The predicted octanol–water partition coefficient (Wildman–Crippen LogP) is 4.03. The Morgan fingerprint density at radius 1 is 1.15 bits per heavy atom. The Hall–Kier alpha value is -2.50. The van der Waals surface area contributed by atoms with Crippen LogP contribution in [-0.2, 0) is 4.74 Å². The van der Waals surface area contributed by atoms with Crippen molar-refractivity contribution in [2.24, 2.45) is 0 Å². The third kappa shape index (κ3) is 4.56. The van der Waals surface area contributed by atoms with Crippen LogP contribution in [0.4, 0.5) is 10.6 Å². The molecule has 0 atom stereocenters. The van der Waals surface area contributed by atoms with Crippen LogP contribution in [0.25, 0.3) is 10.8 Å². The molecule has 140 valence electrons. The molecular weight excluding hydrogens is 330 g/mol. The fraction of sp³-hybridized carbons (Fsp3) is 0.500. The lowest BCUT2D eigenvalue weighted by atomic mass is 9.93. The lowest BCUT2D eigenvalue weighted by Gasteiger charge is -2.30. The smallest absolute Gasteiger partial charge is 0.407 e. The summed E-state index contributed by atoms with van der Waals surface area (Å²) in [6, 6.07) is 7.92. The number of nitrogens with one attached hydrogen (secondary N) is 1. The number of carbonyl (C=O) groups is 1. The summed E-state index contributed by atoms with van der Waals surface area (Å²) in [7, 11) is 0. The molecule has 1 aromatic heterocycles. The molecule has 0 bridgehead atoms. The van der Waals surface area contributed by atoms with Crippen molar-refractivity contribution in [1.29, 1.82) is 0 Å². The van der Waals surface area contributed by atoms with Gasteiger partial charge in [0, 0.05) is 23.0 Å². The molecule has 0 saturated heterocycles. The van der Waals surface area contributed by atoms with E-state index in [-0.39, 0.29) is 18.2 Å². The molecular formula is C20H27N3O3. The van der Waals surface area contributed by atoms with Crippen molar-refractivity contribution in [3.05, 3.63) is 30.5 Å². The van der Waals surface area contributed by atoms with Crippen LogP contribution in [0.15, 0.2) is 30.5 Å². The minimum atomic E-state index is -0.477. The molecule has 0 aliphatic heterocycles. The van der Waals surface area contributed by atoms with Gasteiger partial charge in [-0.3, -0.25) is 0 Å². The van der Waals surface area contributed by atoms with Crippen LogP contribution >= 0.6 is 0 Å². The number of benzene rings is 1. The average molecular weight is 357 g/mol. The van der Waals surface area contributed by atoms with E-state index in [1.54, 1.807) is 6.20 Å². The number of ether oxygens (including phenoxy) is 2. The predicted molar refractivity (Wildman–Crippen MR) is 102 cm³/mol. The molecule has 3 N–H and O–H groups in total. The molecule has 6 nitrogen and oxygen atoms in total. The lowest BCUT2D eigenvalue weighted by Crippen LogP contribution is -2.42. The maximum atomic E-state index is 11.9. The van der Waals surface area contributed by atoms with E-state index in [1.807, 2.05) is 45.0 Å². The van der Waals surface area contributed by atoms with Crippen LogP contribution in [0.3, 0.4) is 0 Å². The maximum Gasteiger partial charge on any atom is 0.407 e. The highest BCUT2D eigenvalue weighted by molar-refractivity contribution is 5.94. The molecule has 1 heterocycles. The molecule has 3 rings (SSSR count). The Morgan fingerprint density at radius 2 is 1.88 bits per heavy atom. The molecule has 1 fully saturated rings. The zero-order chi connectivity index (χ0) is 18.7. The molecule has 0 unspecified atom stereocenters. The molecule has 26 heavy (non-hydrogen) atoms. The van der Waals surface area contributed by atoms with Crippen LogP contribution < -0.4 is 15.8 Å². The second kappa shape index (κ2) is 7.40. The summed E-state index contributed by atoms with van der Waals surface area (Å²) >= 11 is 0. The fourth-order valence-corrected chi connectivity index (χ4v) is 3.28. The number of rotatable bonds is 3. The van der Waals surface area contributed by atoms with Gasteiger partial charge in [-0.25, -0.2) is 9.78 Å². The number of anilines is 1. The zero-order valence-corrected chi connectivity index (χ0v) is 15.6. The first kappa shape index (κ1) is 18.3. The molecule has 1 aliphatic carbocycles. The molecule has 1 aliphatic rings. The fourth-order valence-electron chi connectivity index (χ4n) is 3.28. The summed E-state index contributed by atoms with van der Waals surface area (Å²) in [5.41, 5.74) is 5.47. The number of nitrogens with two attached hydrogens (primary N) is 1. The molecule has 1 saturated carbocycles. The summed E-state index contributed by atoms with van der Waals surface area (Å²) < 4.78 is 11.6. The first-order chi connectivity index (χ1) is 12.3. The molecule has 6 heteroatoms. The summed E-state index contributed by atoms with van der Waals surface area (Å²) in [4.78, 5) is 16.0. The van der Waals surface area contributed by atoms with Crippen LogP contribution in [0.2, 0.25) is 0 Å². The van der Waals surface area contributed by atoms with Crippen molar-refractivity contribution in [3.63, 3.8) is 0 Å². The number of hydrogen-bond donors (Lipinski definition) is 2. The van der Waals surface area contributed by atoms with Crippen molar-refractivity contribution in [1.82, 2.24) is 10.3 Å². The van der Waals surface area contributed by atoms with Gasteiger partial charge in [0.2, 0.25) is 0 Å². The van der Waals surface area contributed by atoms with E-state index in [1.165, 1.54) is 0 Å². The van der Waals surface area contributed by atoms with E-state index in [0.717, 1.165) is 42.2 Å². The van der Waals surface area contributed by atoms with Crippen LogP contribution in [0, 0.1) is 0 Å². The van der Waals surface area contributed by atoms with Gasteiger partial charge in [-0.15, -0.1) is 0 Å². The highest BCUT2D eigenvalue weighted by Crippen LogP contribution is 2.31. The van der Waals surface area contributed by atoms with Crippen LogP contribution in [-0.4, -0.2) is 28.8 Å². The van der Waals surface area contributed by atoms with E-state index in [2.05, 4.69) is 10.3 Å². The quantitative estimate of drug-likeness (QED) is 0.866. The zero-order valence-electron chi connectivity index (χ0n) is 15.6. The van der Waals surface area contributed by atoms with Gasteiger partial charge in [-0.05, 0) is 58.6 Å². The number of carbonyl (C=O) groups excluding carboxylic acids is 1. The van der Waals surface area contributed by atoms with Crippen LogP contribution in [0.1, 0.15) is 46.5 Å². The summed E-state index contributed by atoms with van der Waals surface area (Å²) in [6.07, 6.45) is 5.00. The van der Waals surface area contributed by atoms with Gasteiger partial charge in [0.1, 0.15) is 17.2 Å². The van der Waals surface area contributed by atoms with Crippen LogP contribution in [0.5, 0.6) is 5.75 Å². The van der Waals surface area contributed by atoms with Crippen molar-refractivity contribution in [2.45, 2.75) is 64.2 Å². The van der Waals surface area contributed by atoms with Crippen molar-refractivity contribution in [2.75, 3.05) is 5.73 Å². The molecule has 0 spiro atoms. The molecule has 0 radical (unpaired) electrons. The second-order valence-electron chi connectivity index (χ2n) is 7.79. The van der Waals surface area contributed by atoms with Gasteiger partial charge in [0.05, 0.1) is 6.10 Å². The first-order valence-electron chi connectivity index (χ1n) is 9.11. The highest BCUT2D eigenvalue weighted by Gasteiger charge is 2.26. The van der Waals surface area contributed by atoms with E-state index in [9.17, 15) is 4.79 Å². The van der Waals surface area contributed by atoms with Gasteiger partial charge in [-0.1, -0.05) is 12.1 Å². The highest BCUT2D eigenvalue weighted by atomic mass is 16.6. The number of aromatic nitrogens is 1. The number of alkyl carbamates (subject to hydrolysis) is 1. The molecule has 1 amide bonds. The number of fused-ring (bicyclic) bond motifs is 1. The van der Waals surface area contributed by atoms with Gasteiger partial charge < -0.3 is 20.5 Å². The van der Waals surface area contributed by atoms with Gasteiger partial charge in [0.15, 0.2) is 0 Å². The Bertz CT molecular complexity index is 777. The van der Waals surface area contributed by atoms with Crippen molar-refractivity contribution < 1.29 is 14.3 Å². The summed E-state index contributed by atoms with van der Waals surface area (Å²) in [5, 5.41) is 4.84. The maximum absolute atomic E-state index is 11.9. The largest absolute Gasteiger partial charge is 0.490 e. The van der Waals surface area contributed by atoms with E-state index in [4.69, 9.17) is 15.2 Å². The lowest BCUT2D eigenvalue weighted by molar-refractivity contribution is 0.0471. The van der Waals surface area contributed by atoms with Crippen molar-refractivity contribution >= 4 is 22.7 Å². The minimum absolute atomic E-state index is 0.131. The van der Waals surface area contributed by atoms with Gasteiger partial charge >= 0.3 is 6.09 Å². The molecule has 1 aromatic carbocycles.